The minimum absolute atomic E-state index is 0. The molecule has 50 heavy (non-hydrogen) atoms. The Morgan fingerprint density at radius 1 is 1.04 bits per heavy atom. The van der Waals surface area contributed by atoms with E-state index in [1.807, 2.05) is 46.8 Å². The second kappa shape index (κ2) is 15.5. The third-order valence-electron chi connectivity index (χ3n) is 9.97. The fourth-order valence-electron chi connectivity index (χ4n) is 7.14. The number of aliphatic hydroxyl groups excluding tert-OH is 1. The van der Waals surface area contributed by atoms with Crippen LogP contribution in [0.4, 0.5) is 0 Å². The molecule has 0 unspecified atom stereocenters. The number of halogens is 1. The highest BCUT2D eigenvalue weighted by atomic mass is 35.5. The number of hydrogen-bond acceptors (Lipinski definition) is 8. The smallest absolute Gasteiger partial charge is 0.258 e. The Labute approximate surface area is 296 Å². The molecule has 2 fully saturated rings. The SMILES string of the molecule is C[C@@H]1NC(=O)COc2cccc(c2)CC2(CCN(C(=O)c3ccc4c(c3)ncn4C)CC2)CNC(=O)[C@H](CO)NC(=O)[C@@H]2CCCN2C1=O.Cl. The molecular formula is C35H44ClN7O7. The number of aromatic nitrogens is 2. The molecule has 0 radical (unpaired) electrons. The number of nitrogens with zero attached hydrogens (tertiary/aromatic N) is 4. The summed E-state index contributed by atoms with van der Waals surface area (Å²) in [6.07, 6.45) is 4.38. The van der Waals surface area contributed by atoms with Crippen LogP contribution in [0.3, 0.4) is 0 Å². The van der Waals surface area contributed by atoms with Crippen LogP contribution in [0.2, 0.25) is 0 Å². The first-order valence-corrected chi connectivity index (χ1v) is 16.8. The van der Waals surface area contributed by atoms with E-state index in [-0.39, 0.29) is 31.5 Å². The van der Waals surface area contributed by atoms with Crippen molar-refractivity contribution in [2.45, 2.75) is 57.2 Å². The van der Waals surface area contributed by atoms with Gasteiger partial charge in [0, 0.05) is 38.8 Å². The molecule has 15 heteroatoms. The molecule has 5 amide bonds. The summed E-state index contributed by atoms with van der Waals surface area (Å²) in [4.78, 5) is 73.9. The molecular weight excluding hydrogens is 666 g/mol. The predicted octanol–water partition coefficient (Wildman–Crippen LogP) is 0.942. The van der Waals surface area contributed by atoms with Gasteiger partial charge in [0.1, 0.15) is 23.9 Å². The number of piperidine rings is 1. The Bertz CT molecular complexity index is 1760. The van der Waals surface area contributed by atoms with Crippen LogP contribution in [0.25, 0.3) is 11.0 Å². The molecule has 2 aromatic carbocycles. The predicted molar refractivity (Wildman–Crippen MR) is 186 cm³/mol. The zero-order valence-electron chi connectivity index (χ0n) is 28.2. The van der Waals surface area contributed by atoms with Gasteiger partial charge in [-0.1, -0.05) is 12.1 Å². The fraction of sp³-hybridized carbons (Fsp3) is 0.486. The molecule has 1 aromatic heterocycles. The standard InChI is InChI=1S/C35H43N7O7.ClH/c1-22-33(47)42-12-4-7-29(42)32(46)39-27(18-43)31(45)36-20-35(17-23-5-3-6-25(15-23)49-19-30(44)38-22)10-13-41(14-11-35)34(48)24-8-9-28-26(16-24)37-21-40(28)2;/h3,5-6,8-9,15-16,21-22,27,29,43H,4,7,10-14,17-20H2,1-2H3,(H,36,45)(H,38,44)(H,39,46);1H/t22-,27-,29-;/m0./s1. The Hall–Kier alpha value is -4.69. The lowest BCUT2D eigenvalue weighted by atomic mass is 9.73. The van der Waals surface area contributed by atoms with Gasteiger partial charge in [-0.3, -0.25) is 24.0 Å². The summed E-state index contributed by atoms with van der Waals surface area (Å²) >= 11 is 0. The first-order chi connectivity index (χ1) is 23.6. The van der Waals surface area contributed by atoms with Gasteiger partial charge in [-0.2, -0.15) is 0 Å². The molecule has 3 aromatic rings. The zero-order valence-corrected chi connectivity index (χ0v) is 29.0. The number of benzene rings is 2. The number of aryl methyl sites for hydroxylation is 1. The lowest BCUT2D eigenvalue weighted by Crippen LogP contribution is -2.57. The number of carbonyl (C=O) groups is 5. The topological polar surface area (TPSA) is 175 Å². The number of imidazole rings is 1. The minimum atomic E-state index is -1.22. The number of ether oxygens (including phenoxy) is 1. The van der Waals surface area contributed by atoms with Gasteiger partial charge < -0.3 is 40.2 Å². The molecule has 3 aliphatic rings. The second-order valence-corrected chi connectivity index (χ2v) is 13.4. The summed E-state index contributed by atoms with van der Waals surface area (Å²) in [5, 5.41) is 18.4. The van der Waals surface area contributed by atoms with Crippen LogP contribution in [0, 0.1) is 5.41 Å². The molecule has 0 saturated carbocycles. The maximum absolute atomic E-state index is 13.6. The molecule has 3 aliphatic heterocycles. The van der Waals surface area contributed by atoms with Gasteiger partial charge in [0.25, 0.3) is 11.8 Å². The van der Waals surface area contributed by atoms with E-state index < -0.39 is 53.8 Å². The number of aliphatic hydroxyl groups is 1. The summed E-state index contributed by atoms with van der Waals surface area (Å²) in [6.45, 7) is 2.10. The van der Waals surface area contributed by atoms with Gasteiger partial charge in [-0.05, 0) is 80.3 Å². The minimum Gasteiger partial charge on any atom is -0.484 e. The number of rotatable bonds is 2. The highest BCUT2D eigenvalue weighted by Gasteiger charge is 2.40. The van der Waals surface area contributed by atoms with Crippen LogP contribution in [-0.4, -0.2) is 112 Å². The fourth-order valence-corrected chi connectivity index (χ4v) is 7.14. The summed E-state index contributed by atoms with van der Waals surface area (Å²) in [5.41, 5.74) is 2.69. The lowest BCUT2D eigenvalue weighted by molar-refractivity contribution is -0.142. The first-order valence-electron chi connectivity index (χ1n) is 16.8. The largest absolute Gasteiger partial charge is 0.484 e. The molecule has 14 nitrogen and oxygen atoms in total. The van der Waals surface area contributed by atoms with Crippen LogP contribution in [-0.2, 0) is 32.6 Å². The maximum atomic E-state index is 13.6. The molecule has 268 valence electrons. The van der Waals surface area contributed by atoms with E-state index in [1.165, 1.54) is 4.90 Å². The zero-order chi connectivity index (χ0) is 34.7. The Kier molecular flexibility index (Phi) is 11.3. The Morgan fingerprint density at radius 2 is 1.82 bits per heavy atom. The molecule has 1 spiro atoms. The van der Waals surface area contributed by atoms with Crippen LogP contribution >= 0.6 is 12.4 Å². The van der Waals surface area contributed by atoms with Gasteiger partial charge in [0.15, 0.2) is 6.61 Å². The van der Waals surface area contributed by atoms with Crippen LogP contribution in [0.1, 0.15) is 48.5 Å². The van der Waals surface area contributed by atoms with E-state index in [2.05, 4.69) is 20.9 Å². The van der Waals surface area contributed by atoms with Crippen molar-refractivity contribution in [1.29, 1.82) is 0 Å². The highest BCUT2D eigenvalue weighted by molar-refractivity contribution is 5.97. The van der Waals surface area contributed by atoms with Crippen molar-refractivity contribution in [3.05, 3.63) is 59.9 Å². The van der Waals surface area contributed by atoms with Crippen LogP contribution in [0.5, 0.6) is 5.75 Å². The molecule has 4 heterocycles. The van der Waals surface area contributed by atoms with Crippen molar-refractivity contribution < 1.29 is 33.8 Å². The van der Waals surface area contributed by atoms with Crippen molar-refractivity contribution >= 4 is 53.0 Å². The number of carbonyl (C=O) groups excluding carboxylic acids is 5. The number of nitrogens with one attached hydrogen (secondary N) is 3. The highest BCUT2D eigenvalue weighted by Crippen LogP contribution is 2.36. The summed E-state index contributed by atoms with van der Waals surface area (Å²) in [6, 6.07) is 9.94. The van der Waals surface area contributed by atoms with Crippen LogP contribution in [0.15, 0.2) is 48.8 Å². The van der Waals surface area contributed by atoms with Crippen molar-refractivity contribution in [3.63, 3.8) is 0 Å². The van der Waals surface area contributed by atoms with Crippen molar-refractivity contribution in [3.8, 4) is 5.75 Å². The normalized spacial score (nSPS) is 23.4. The maximum Gasteiger partial charge on any atom is 0.258 e. The van der Waals surface area contributed by atoms with Gasteiger partial charge in [0.2, 0.25) is 17.7 Å². The molecule has 3 atom stereocenters. The van der Waals surface area contributed by atoms with Gasteiger partial charge in [-0.25, -0.2) is 4.98 Å². The van der Waals surface area contributed by atoms with E-state index in [9.17, 15) is 29.1 Å². The third-order valence-corrected chi connectivity index (χ3v) is 9.97. The molecule has 4 N–H and O–H groups in total. The van der Waals surface area contributed by atoms with Crippen molar-refractivity contribution in [2.75, 3.05) is 39.4 Å². The molecule has 2 bridgehead atoms. The van der Waals surface area contributed by atoms with Gasteiger partial charge >= 0.3 is 0 Å². The van der Waals surface area contributed by atoms with E-state index in [0.717, 1.165) is 16.6 Å². The molecule has 6 rings (SSSR count). The molecule has 0 aliphatic carbocycles. The van der Waals surface area contributed by atoms with Gasteiger partial charge in [-0.15, -0.1) is 12.4 Å². The number of likely N-dealkylation sites (tertiary alicyclic amines) is 1. The summed E-state index contributed by atoms with van der Waals surface area (Å²) < 4.78 is 7.70. The number of amides is 5. The monoisotopic (exact) mass is 709 g/mol. The summed E-state index contributed by atoms with van der Waals surface area (Å²) in [7, 11) is 1.90. The number of fused-ring (bicyclic) bond motifs is 4. The van der Waals surface area contributed by atoms with E-state index in [0.29, 0.717) is 63.1 Å². The quantitative estimate of drug-likeness (QED) is 0.304. The van der Waals surface area contributed by atoms with E-state index in [4.69, 9.17) is 4.74 Å². The molecule has 2 saturated heterocycles. The van der Waals surface area contributed by atoms with E-state index in [1.54, 1.807) is 25.4 Å². The van der Waals surface area contributed by atoms with Crippen molar-refractivity contribution in [1.82, 2.24) is 35.3 Å². The average molecular weight is 710 g/mol. The average Bonchev–Trinajstić information content (AvgIpc) is 3.75. The van der Waals surface area contributed by atoms with Crippen molar-refractivity contribution in [2.24, 2.45) is 12.5 Å². The van der Waals surface area contributed by atoms with E-state index >= 15 is 0 Å². The summed E-state index contributed by atoms with van der Waals surface area (Å²) in [5.74, 6) is -1.58. The third kappa shape index (κ3) is 7.86. The van der Waals surface area contributed by atoms with Gasteiger partial charge in [0.05, 0.1) is 24.0 Å². The Morgan fingerprint density at radius 3 is 2.58 bits per heavy atom. The second-order valence-electron chi connectivity index (χ2n) is 13.4. The lowest BCUT2D eigenvalue weighted by Gasteiger charge is -2.42. The number of hydrogen-bond donors (Lipinski definition) is 4. The van der Waals surface area contributed by atoms with Crippen LogP contribution < -0.4 is 20.7 Å². The first kappa shape index (κ1) is 36.6. The Balaban J connectivity index is 0.00000486.